The van der Waals surface area contributed by atoms with E-state index in [2.05, 4.69) is 47.1 Å². The zero-order valence-electron chi connectivity index (χ0n) is 12.7. The van der Waals surface area contributed by atoms with Crippen molar-refractivity contribution in [1.82, 2.24) is 9.88 Å². The van der Waals surface area contributed by atoms with Crippen molar-refractivity contribution >= 4 is 28.1 Å². The number of fused-ring (bicyclic) bond motifs is 5. The maximum absolute atomic E-state index is 9.93. The molecule has 0 amide bonds. The highest BCUT2D eigenvalue weighted by molar-refractivity contribution is 7.80. The molecule has 2 aromatic rings. The minimum atomic E-state index is -0.335. The van der Waals surface area contributed by atoms with Gasteiger partial charge in [0.05, 0.1) is 22.5 Å². The lowest BCUT2D eigenvalue weighted by atomic mass is 9.69. The summed E-state index contributed by atoms with van der Waals surface area (Å²) in [5.41, 5.74) is 3.44. The van der Waals surface area contributed by atoms with Crippen molar-refractivity contribution in [3.8, 4) is 6.07 Å². The van der Waals surface area contributed by atoms with Crippen LogP contribution < -0.4 is 0 Å². The van der Waals surface area contributed by atoms with Gasteiger partial charge in [0.2, 0.25) is 0 Å². The van der Waals surface area contributed by atoms with E-state index in [0.717, 1.165) is 37.2 Å². The molecule has 4 rings (SSSR count). The molecule has 0 spiro atoms. The number of H-pyrrole nitrogens is 1. The monoisotopic (exact) mass is 309 g/mol. The Kier molecular flexibility index (Phi) is 3.02. The first kappa shape index (κ1) is 13.8. The van der Waals surface area contributed by atoms with Gasteiger partial charge in [-0.05, 0) is 37.3 Å². The molecule has 1 saturated heterocycles. The van der Waals surface area contributed by atoms with Gasteiger partial charge in [-0.1, -0.05) is 37.3 Å². The average Bonchev–Trinajstić information content (AvgIpc) is 2.94. The fourth-order valence-corrected chi connectivity index (χ4v) is 4.56. The summed E-state index contributed by atoms with van der Waals surface area (Å²) in [5.74, 6) is 0. The van der Waals surface area contributed by atoms with Crippen molar-refractivity contribution in [2.75, 3.05) is 6.54 Å². The Morgan fingerprint density at radius 1 is 1.41 bits per heavy atom. The largest absolute Gasteiger partial charge is 0.356 e. The third kappa shape index (κ3) is 1.69. The van der Waals surface area contributed by atoms with Crippen LogP contribution in [0.25, 0.3) is 10.9 Å². The molecule has 1 N–H and O–H groups in total. The highest BCUT2D eigenvalue weighted by Gasteiger charge is 2.49. The summed E-state index contributed by atoms with van der Waals surface area (Å²) in [6, 6.07) is 11.2. The van der Waals surface area contributed by atoms with Crippen LogP contribution in [0.4, 0.5) is 0 Å². The summed E-state index contributed by atoms with van der Waals surface area (Å²) >= 11 is 5.61. The molecular weight excluding hydrogens is 290 g/mol. The zero-order valence-corrected chi connectivity index (χ0v) is 13.5. The molecule has 3 nitrogen and oxygen atoms in total. The van der Waals surface area contributed by atoms with Crippen molar-refractivity contribution in [2.45, 2.75) is 38.6 Å². The minimum absolute atomic E-state index is 0.0832. The van der Waals surface area contributed by atoms with Crippen molar-refractivity contribution in [3.05, 3.63) is 35.5 Å². The minimum Gasteiger partial charge on any atom is -0.356 e. The number of aromatic amines is 1. The highest BCUT2D eigenvalue weighted by atomic mass is 32.1. The summed E-state index contributed by atoms with van der Waals surface area (Å²) < 4.78 is 0. The van der Waals surface area contributed by atoms with E-state index in [4.69, 9.17) is 12.2 Å². The molecule has 22 heavy (non-hydrogen) atoms. The molecule has 2 atom stereocenters. The number of hydrogen-bond acceptors (Lipinski definition) is 2. The molecule has 0 saturated carbocycles. The van der Waals surface area contributed by atoms with Gasteiger partial charge in [0.1, 0.15) is 0 Å². The molecule has 2 aliphatic rings. The number of aromatic nitrogens is 1. The maximum atomic E-state index is 9.93. The SMILES string of the molecule is CC[C@@]1(C#N)CCC(=S)N2CCc3c([nH]c4ccccc34)[C@H]21. The number of nitrogens with zero attached hydrogens (tertiary/aromatic N) is 2. The van der Waals surface area contributed by atoms with Gasteiger partial charge in [-0.2, -0.15) is 5.26 Å². The second-order valence-corrected chi connectivity index (χ2v) is 6.90. The molecule has 0 unspecified atom stereocenters. The van der Waals surface area contributed by atoms with E-state index in [9.17, 15) is 5.26 Å². The molecule has 2 aliphatic heterocycles. The summed E-state index contributed by atoms with van der Waals surface area (Å²) in [6.07, 6.45) is 3.60. The van der Waals surface area contributed by atoms with Crippen LogP contribution in [-0.2, 0) is 6.42 Å². The van der Waals surface area contributed by atoms with Crippen molar-refractivity contribution < 1.29 is 0 Å². The van der Waals surface area contributed by atoms with E-state index in [1.807, 2.05) is 0 Å². The Bertz CT molecular complexity index is 800. The predicted octanol–water partition coefficient (Wildman–Crippen LogP) is 4.11. The molecule has 112 valence electrons. The molecular formula is C18H19N3S. The van der Waals surface area contributed by atoms with Gasteiger partial charge in [0.15, 0.2) is 0 Å². The Morgan fingerprint density at radius 3 is 3.00 bits per heavy atom. The lowest BCUT2D eigenvalue weighted by Crippen LogP contribution is -2.50. The van der Waals surface area contributed by atoms with Gasteiger partial charge < -0.3 is 9.88 Å². The van der Waals surface area contributed by atoms with Crippen molar-refractivity contribution in [2.24, 2.45) is 5.41 Å². The third-order valence-electron chi connectivity index (χ3n) is 5.52. The van der Waals surface area contributed by atoms with Crippen LogP contribution in [0.2, 0.25) is 0 Å². The van der Waals surface area contributed by atoms with Crippen LogP contribution in [-0.4, -0.2) is 21.4 Å². The first-order valence-electron chi connectivity index (χ1n) is 8.00. The lowest BCUT2D eigenvalue weighted by molar-refractivity contribution is 0.118. The molecule has 1 aromatic carbocycles. The van der Waals surface area contributed by atoms with E-state index in [1.165, 1.54) is 22.2 Å². The smallest absolute Gasteiger partial charge is 0.0885 e. The summed E-state index contributed by atoms with van der Waals surface area (Å²) in [6.45, 7) is 3.06. The van der Waals surface area contributed by atoms with Crippen molar-refractivity contribution in [3.63, 3.8) is 0 Å². The number of hydrogen-bond donors (Lipinski definition) is 1. The van der Waals surface area contributed by atoms with Gasteiger partial charge in [-0.25, -0.2) is 0 Å². The summed E-state index contributed by atoms with van der Waals surface area (Å²) in [5, 5.41) is 11.2. The molecule has 4 heteroatoms. The molecule has 1 aromatic heterocycles. The first-order valence-corrected chi connectivity index (χ1v) is 8.41. The molecule has 0 radical (unpaired) electrons. The third-order valence-corrected chi connectivity index (χ3v) is 5.96. The summed E-state index contributed by atoms with van der Waals surface area (Å²) in [7, 11) is 0. The molecule has 0 bridgehead atoms. The van der Waals surface area contributed by atoms with Gasteiger partial charge in [-0.3, -0.25) is 0 Å². The average molecular weight is 309 g/mol. The van der Waals surface area contributed by atoms with E-state index >= 15 is 0 Å². The van der Waals surface area contributed by atoms with E-state index < -0.39 is 0 Å². The number of benzene rings is 1. The van der Waals surface area contributed by atoms with Crippen molar-refractivity contribution in [1.29, 1.82) is 5.26 Å². The van der Waals surface area contributed by atoms with Gasteiger partial charge in [-0.15, -0.1) is 0 Å². The Labute approximate surface area is 135 Å². The topological polar surface area (TPSA) is 42.8 Å². The molecule has 0 aliphatic carbocycles. The number of para-hydroxylation sites is 1. The lowest BCUT2D eigenvalue weighted by Gasteiger charge is -2.49. The quantitative estimate of drug-likeness (QED) is 0.806. The predicted molar refractivity (Wildman–Crippen MR) is 91.6 cm³/mol. The maximum Gasteiger partial charge on any atom is 0.0885 e. The molecule has 3 heterocycles. The van der Waals surface area contributed by atoms with E-state index in [-0.39, 0.29) is 11.5 Å². The van der Waals surface area contributed by atoms with Crippen LogP contribution >= 0.6 is 12.2 Å². The number of thiocarbonyl (C=S) groups is 1. The number of rotatable bonds is 1. The Morgan fingerprint density at radius 2 is 2.23 bits per heavy atom. The van der Waals surface area contributed by atoms with Crippen LogP contribution in [0.3, 0.4) is 0 Å². The van der Waals surface area contributed by atoms with E-state index in [1.54, 1.807) is 0 Å². The standard InChI is InChI=1S/C18H19N3S/c1-2-18(11-19)9-7-15(22)21-10-8-13-12-5-3-4-6-14(12)20-16(13)17(18)21/h3-6,17,20H,2,7-10H2,1H3/t17-,18-/m0/s1. The van der Waals surface area contributed by atoms with Gasteiger partial charge in [0, 0.05) is 23.1 Å². The fourth-order valence-electron chi connectivity index (χ4n) is 4.26. The van der Waals surface area contributed by atoms with Gasteiger partial charge >= 0.3 is 0 Å². The zero-order chi connectivity index (χ0) is 15.3. The second kappa shape index (κ2) is 4.82. The van der Waals surface area contributed by atoms with Crippen LogP contribution in [0.15, 0.2) is 24.3 Å². The second-order valence-electron chi connectivity index (χ2n) is 6.42. The molecule has 1 fully saturated rings. The van der Waals surface area contributed by atoms with Crippen LogP contribution in [0.1, 0.15) is 43.5 Å². The number of nitriles is 1. The highest BCUT2D eigenvalue weighted by Crippen LogP contribution is 2.51. The fraction of sp³-hybridized carbons (Fsp3) is 0.444. The Balaban J connectivity index is 1.96. The van der Waals surface area contributed by atoms with E-state index in [0.29, 0.717) is 0 Å². The number of nitrogens with one attached hydrogen (secondary N) is 1. The number of piperidine rings is 1. The first-order chi connectivity index (χ1) is 10.7. The summed E-state index contributed by atoms with van der Waals surface area (Å²) in [4.78, 5) is 6.94. The normalized spacial score (nSPS) is 27.4. The Hall–Kier alpha value is -1.86. The van der Waals surface area contributed by atoms with Crippen LogP contribution in [0, 0.1) is 16.7 Å². The van der Waals surface area contributed by atoms with Gasteiger partial charge in [0.25, 0.3) is 0 Å². The van der Waals surface area contributed by atoms with Crippen LogP contribution in [0.5, 0.6) is 0 Å².